The second-order valence-electron chi connectivity index (χ2n) is 7.15. The van der Waals surface area contributed by atoms with Crippen molar-refractivity contribution in [1.82, 2.24) is 24.5 Å². The van der Waals surface area contributed by atoms with Gasteiger partial charge in [-0.1, -0.05) is 13.3 Å². The third kappa shape index (κ3) is 2.85. The van der Waals surface area contributed by atoms with Crippen LogP contribution in [0.2, 0.25) is 0 Å². The van der Waals surface area contributed by atoms with Gasteiger partial charge in [0.15, 0.2) is 0 Å². The van der Waals surface area contributed by atoms with Gasteiger partial charge in [0.05, 0.1) is 12.1 Å². The van der Waals surface area contributed by atoms with E-state index in [1.54, 1.807) is 13.3 Å². The van der Waals surface area contributed by atoms with E-state index < -0.39 is 0 Å². The van der Waals surface area contributed by atoms with Crippen molar-refractivity contribution in [3.63, 3.8) is 0 Å². The Labute approximate surface area is 148 Å². The number of carbonyl (C=O) groups is 1. The van der Waals surface area contributed by atoms with E-state index in [0.29, 0.717) is 17.9 Å². The maximum atomic E-state index is 12.0. The van der Waals surface area contributed by atoms with E-state index in [2.05, 4.69) is 37.9 Å². The highest BCUT2D eigenvalue weighted by molar-refractivity contribution is 5.74. The van der Waals surface area contributed by atoms with Crippen LogP contribution in [0.3, 0.4) is 0 Å². The van der Waals surface area contributed by atoms with Gasteiger partial charge in [-0.2, -0.15) is 14.6 Å². The third-order valence-electron chi connectivity index (χ3n) is 5.53. The summed E-state index contributed by atoms with van der Waals surface area (Å²) >= 11 is 0. The number of carbonyl (C=O) groups excluding carboxylic acids is 1. The van der Waals surface area contributed by atoms with Crippen molar-refractivity contribution in [1.29, 1.82) is 0 Å². The number of hydrogen-bond donors (Lipinski definition) is 0. The molecule has 2 aromatic rings. The van der Waals surface area contributed by atoms with Crippen molar-refractivity contribution in [3.05, 3.63) is 18.1 Å². The molecule has 0 saturated carbocycles. The van der Waals surface area contributed by atoms with E-state index in [-0.39, 0.29) is 5.91 Å². The lowest BCUT2D eigenvalue weighted by atomic mass is 10.0. The molecular formula is C18H26N6O. The molecule has 2 aliphatic heterocycles. The lowest BCUT2D eigenvalue weighted by Gasteiger charge is -2.35. The van der Waals surface area contributed by atoms with Crippen LogP contribution in [0.15, 0.2) is 12.4 Å². The summed E-state index contributed by atoms with van der Waals surface area (Å²) in [7, 11) is 0. The Morgan fingerprint density at radius 2 is 2.04 bits per heavy atom. The number of anilines is 1. The average molecular weight is 342 g/mol. The largest absolute Gasteiger partial charge is 0.351 e. The molecule has 0 bridgehead atoms. The Morgan fingerprint density at radius 3 is 2.84 bits per heavy atom. The van der Waals surface area contributed by atoms with E-state index >= 15 is 0 Å². The molecule has 2 saturated heterocycles. The van der Waals surface area contributed by atoms with Crippen molar-refractivity contribution in [3.8, 4) is 0 Å². The summed E-state index contributed by atoms with van der Waals surface area (Å²) in [5, 5.41) is 4.40. The van der Waals surface area contributed by atoms with Gasteiger partial charge in [0, 0.05) is 31.8 Å². The van der Waals surface area contributed by atoms with E-state index in [0.717, 1.165) is 63.1 Å². The summed E-state index contributed by atoms with van der Waals surface area (Å²) < 4.78 is 1.85. The zero-order valence-corrected chi connectivity index (χ0v) is 15.1. The number of aromatic nitrogens is 4. The van der Waals surface area contributed by atoms with Crippen molar-refractivity contribution >= 4 is 17.5 Å². The van der Waals surface area contributed by atoms with Crippen LogP contribution >= 0.6 is 0 Å². The highest BCUT2D eigenvalue weighted by Crippen LogP contribution is 2.33. The zero-order chi connectivity index (χ0) is 17.4. The Kier molecular flexibility index (Phi) is 4.31. The second-order valence-corrected chi connectivity index (χ2v) is 7.15. The fourth-order valence-electron chi connectivity index (χ4n) is 4.49. The minimum atomic E-state index is 0.196. The molecule has 2 aliphatic rings. The summed E-state index contributed by atoms with van der Waals surface area (Å²) in [4.78, 5) is 25.5. The molecule has 7 nitrogen and oxygen atoms in total. The van der Waals surface area contributed by atoms with Crippen molar-refractivity contribution in [2.45, 2.75) is 64.5 Å². The van der Waals surface area contributed by atoms with Crippen LogP contribution in [0.1, 0.15) is 51.6 Å². The zero-order valence-electron chi connectivity index (χ0n) is 15.1. The molecule has 4 heterocycles. The molecule has 2 atom stereocenters. The number of aryl methyl sites for hydroxylation is 1. The van der Waals surface area contributed by atoms with Gasteiger partial charge in [0.25, 0.3) is 5.78 Å². The number of fused-ring (bicyclic) bond motifs is 1. The number of rotatable bonds is 4. The van der Waals surface area contributed by atoms with Crippen molar-refractivity contribution in [2.75, 3.05) is 18.0 Å². The number of hydrogen-bond acceptors (Lipinski definition) is 5. The van der Waals surface area contributed by atoms with Crippen LogP contribution in [0.5, 0.6) is 0 Å². The summed E-state index contributed by atoms with van der Waals surface area (Å²) in [6.07, 6.45) is 8.03. The lowest BCUT2D eigenvalue weighted by molar-refractivity contribution is -0.129. The van der Waals surface area contributed by atoms with Crippen LogP contribution in [-0.4, -0.2) is 55.6 Å². The van der Waals surface area contributed by atoms with Crippen LogP contribution in [0, 0.1) is 0 Å². The molecule has 2 fully saturated rings. The predicted octanol–water partition coefficient (Wildman–Crippen LogP) is 2.06. The normalized spacial score (nSPS) is 23.8. The maximum Gasteiger partial charge on any atom is 0.254 e. The topological polar surface area (TPSA) is 66.6 Å². The van der Waals surface area contributed by atoms with Crippen LogP contribution in [-0.2, 0) is 11.2 Å². The Morgan fingerprint density at radius 1 is 1.24 bits per heavy atom. The van der Waals surface area contributed by atoms with Gasteiger partial charge in [-0.05, 0) is 32.1 Å². The second kappa shape index (κ2) is 6.61. The summed E-state index contributed by atoms with van der Waals surface area (Å²) in [6.45, 7) is 5.74. The van der Waals surface area contributed by atoms with Crippen LogP contribution in [0.25, 0.3) is 5.78 Å². The smallest absolute Gasteiger partial charge is 0.254 e. The molecular weight excluding hydrogens is 316 g/mol. The molecule has 25 heavy (non-hydrogen) atoms. The molecule has 0 spiro atoms. The molecule has 2 aromatic heterocycles. The first-order valence-electron chi connectivity index (χ1n) is 9.42. The molecule has 1 amide bonds. The van der Waals surface area contributed by atoms with Gasteiger partial charge in [-0.25, -0.2) is 4.98 Å². The van der Waals surface area contributed by atoms with E-state index in [9.17, 15) is 4.79 Å². The van der Waals surface area contributed by atoms with Gasteiger partial charge in [0.1, 0.15) is 12.1 Å². The minimum Gasteiger partial charge on any atom is -0.351 e. The molecule has 4 rings (SSSR count). The minimum absolute atomic E-state index is 0.196. The average Bonchev–Trinajstić information content (AvgIpc) is 3.33. The SMILES string of the molecule is CCCc1cc(N2CCCC2C2CCCN2C(C)=O)n2ncnc2n1. The van der Waals surface area contributed by atoms with Gasteiger partial charge < -0.3 is 9.80 Å². The van der Waals surface area contributed by atoms with Crippen molar-refractivity contribution in [2.24, 2.45) is 0 Å². The molecule has 2 unspecified atom stereocenters. The van der Waals surface area contributed by atoms with Gasteiger partial charge in [-0.3, -0.25) is 4.79 Å². The molecule has 0 radical (unpaired) electrons. The quantitative estimate of drug-likeness (QED) is 0.851. The third-order valence-corrected chi connectivity index (χ3v) is 5.53. The molecule has 0 aromatic carbocycles. The van der Waals surface area contributed by atoms with Gasteiger partial charge >= 0.3 is 0 Å². The molecule has 0 aliphatic carbocycles. The first-order valence-corrected chi connectivity index (χ1v) is 9.42. The lowest BCUT2D eigenvalue weighted by Crippen LogP contribution is -2.48. The Bertz CT molecular complexity index is 772. The summed E-state index contributed by atoms with van der Waals surface area (Å²) in [5.41, 5.74) is 1.07. The number of amides is 1. The van der Waals surface area contributed by atoms with E-state index in [4.69, 9.17) is 0 Å². The van der Waals surface area contributed by atoms with Crippen molar-refractivity contribution < 1.29 is 4.79 Å². The highest BCUT2D eigenvalue weighted by atomic mass is 16.2. The summed E-state index contributed by atoms with van der Waals surface area (Å²) in [6, 6.07) is 2.83. The number of nitrogens with zero attached hydrogens (tertiary/aromatic N) is 6. The van der Waals surface area contributed by atoms with Crippen LogP contribution < -0.4 is 4.90 Å². The van der Waals surface area contributed by atoms with E-state index in [1.165, 1.54) is 0 Å². The van der Waals surface area contributed by atoms with Crippen LogP contribution in [0.4, 0.5) is 5.82 Å². The standard InChI is InChI=1S/C18H26N6O/c1-3-6-14-11-17(24-18(21-14)19-12-20-24)23-10-5-8-16(23)15-7-4-9-22(15)13(2)25/h11-12,15-16H,3-10H2,1-2H3. The molecule has 134 valence electrons. The fraction of sp³-hybridized carbons (Fsp3) is 0.667. The number of likely N-dealkylation sites (tertiary alicyclic amines) is 1. The Hall–Kier alpha value is -2.18. The first kappa shape index (κ1) is 16.3. The van der Waals surface area contributed by atoms with Gasteiger partial charge in [0.2, 0.25) is 5.91 Å². The first-order chi connectivity index (χ1) is 12.2. The highest BCUT2D eigenvalue weighted by Gasteiger charge is 2.39. The molecule has 0 N–H and O–H groups in total. The Balaban J connectivity index is 1.71. The summed E-state index contributed by atoms with van der Waals surface area (Å²) in [5.74, 6) is 1.94. The monoisotopic (exact) mass is 342 g/mol. The predicted molar refractivity (Wildman–Crippen MR) is 95.6 cm³/mol. The molecule has 7 heteroatoms. The van der Waals surface area contributed by atoms with Gasteiger partial charge in [-0.15, -0.1) is 0 Å². The van der Waals surface area contributed by atoms with E-state index in [1.807, 2.05) is 4.52 Å². The fourth-order valence-corrected chi connectivity index (χ4v) is 4.49. The maximum absolute atomic E-state index is 12.0.